The number of carbonyl (C=O) groups excluding carboxylic acids is 3. The summed E-state index contributed by atoms with van der Waals surface area (Å²) in [5.74, 6) is -2.92. The molecule has 0 aromatic carbocycles. The second kappa shape index (κ2) is 47.8. The lowest BCUT2D eigenvalue weighted by atomic mass is 9.93. The van der Waals surface area contributed by atoms with Gasteiger partial charge in [-0.05, 0) is 6.92 Å². The maximum absolute atomic E-state index is 13.3. The van der Waals surface area contributed by atoms with Crippen LogP contribution < -0.4 is 16.0 Å². The van der Waals surface area contributed by atoms with Gasteiger partial charge in [-0.1, -0.05) is 0 Å². The van der Waals surface area contributed by atoms with Crippen molar-refractivity contribution in [3.05, 3.63) is 0 Å². The Hall–Kier alpha value is -3.52. The predicted octanol–water partition coefficient (Wildman–Crippen LogP) is -23.4. The molecule has 0 aliphatic carbocycles. The highest BCUT2D eigenvalue weighted by Gasteiger charge is 2.62. The van der Waals surface area contributed by atoms with Crippen molar-refractivity contribution in [2.24, 2.45) is 0 Å². The van der Waals surface area contributed by atoms with Gasteiger partial charge in [0, 0.05) is 20.8 Å². The highest BCUT2D eigenvalue weighted by molar-refractivity contribution is 7.46. The maximum Gasteiger partial charge on any atom is 0.469 e. The number of rotatable bonds is 35. The minimum atomic E-state index is -5.35. The molecule has 0 aromatic heterocycles. The number of aliphatic hydroxyl groups is 30. The second-order valence-corrected chi connectivity index (χ2v) is 34.9. The van der Waals surface area contributed by atoms with Gasteiger partial charge in [0.05, 0.1) is 72.2 Å². The van der Waals surface area contributed by atoms with Crippen LogP contribution in [0.1, 0.15) is 27.7 Å². The summed E-state index contributed by atoms with van der Waals surface area (Å²) >= 11 is 0. The molecule has 3 amide bonds. The average Bonchev–Trinajstić information content (AvgIpc) is 0.764. The number of amides is 3. The Balaban J connectivity index is 0.936. The van der Waals surface area contributed by atoms with Crippen LogP contribution in [0, 0.1) is 0 Å². The number of carbonyl (C=O) groups is 3. The quantitative estimate of drug-likeness (QED) is 0.0262. The van der Waals surface area contributed by atoms with Crippen LogP contribution in [0.2, 0.25) is 0 Å². The zero-order valence-electron chi connectivity index (χ0n) is 71.2. The molecule has 11 aliphatic rings. The molecule has 11 rings (SSSR count). The van der Waals surface area contributed by atoms with Crippen LogP contribution in [-0.4, -0.2) is 584 Å². The lowest BCUT2D eigenvalue weighted by Gasteiger charge is -2.51. The number of hydrogen-bond acceptors (Lipinski definition) is 56. The first-order valence-electron chi connectivity index (χ1n) is 42.3. The van der Waals surface area contributed by atoms with Gasteiger partial charge in [0.2, 0.25) is 17.7 Å². The van der Waals surface area contributed by atoms with Crippen LogP contribution in [-0.2, 0) is 123 Å². The zero-order chi connectivity index (χ0) is 98.7. The molecule has 11 fully saturated rings. The fourth-order valence-corrected chi connectivity index (χ4v) is 17.2. The standard InChI is InChI=1S/C72H122N3O58P/c1-15-32(85)43(96)49(102)65(116-15)113-13-28-57(40(93)29(62(108)117-28)73-16(2)82)127-63-30(74-17(3)83)41(94)56(24(10-81)122-63)129-70-54(107)59(131-72-61(48(101)36(89)22(8-79)121-72)132-64-31(75-18(4)84)42(95)55(23(9-80)123-64)128-67-50(103)44(97)33(86)19(5-76)118-67)39(92)26(125-70)11-112-66-53(106)58(130-68-51(104)45(98)34(87)20(6-77)119-68)38(91)25(124-66)12-114-71-60(47(100)35(88)21(7-78)120-71)133-69-52(105)46(99)37(90)27(126-69)14-115-134(109,110)111/h15,19-72,76-81,85-108H,5-14H2,1-4H3,(H,73,82)(H,74,83)(H,75,84)(H2,109,110,111)/t15-,19+,20+,21+,22+,23+,24+,25+,26+,27+,28+,29+,30+,31+,32+,33-,34+,35+,36+,37+,38+,39+,40+,41+,42+,43+,44-,45-,46-,47-,48-,49-,50+,51-,52-,53-,54-,55+,56+,57+,58-,59-,60-,61-,62+,63-,64-,65+,66-,67-,68+,69+,70-,71-,72+/m0/s1. The van der Waals surface area contributed by atoms with E-state index in [-0.39, 0.29) is 0 Å². The van der Waals surface area contributed by atoms with Crippen LogP contribution in [0.15, 0.2) is 0 Å². The molecule has 0 aromatic rings. The predicted molar refractivity (Wildman–Crippen MR) is 407 cm³/mol. The summed E-state index contributed by atoms with van der Waals surface area (Å²) in [5.41, 5.74) is 0. The van der Waals surface area contributed by atoms with E-state index >= 15 is 0 Å². The molecule has 62 heteroatoms. The van der Waals surface area contributed by atoms with E-state index in [9.17, 15) is 182 Å². The second-order valence-electron chi connectivity index (χ2n) is 33.7. The third kappa shape index (κ3) is 24.9. The summed E-state index contributed by atoms with van der Waals surface area (Å²) in [6.07, 6.45) is -113. The lowest BCUT2D eigenvalue weighted by Crippen LogP contribution is -2.71. The third-order valence-electron chi connectivity index (χ3n) is 24.3. The van der Waals surface area contributed by atoms with Crippen LogP contribution in [0.3, 0.4) is 0 Å². The Bertz CT molecular complexity index is 3700. The van der Waals surface area contributed by atoms with Crippen molar-refractivity contribution in [1.82, 2.24) is 16.0 Å². The van der Waals surface area contributed by atoms with E-state index in [4.69, 9.17) is 99.5 Å². The number of ether oxygens (including phenoxy) is 21. The van der Waals surface area contributed by atoms with Gasteiger partial charge in [0.15, 0.2) is 69.2 Å². The minimum Gasteiger partial charge on any atom is -0.394 e. The molecule has 61 nitrogen and oxygen atoms in total. The highest BCUT2D eigenvalue weighted by atomic mass is 31.2. The van der Waals surface area contributed by atoms with E-state index in [0.29, 0.717) is 0 Å². The lowest BCUT2D eigenvalue weighted by molar-refractivity contribution is -0.399. The molecule has 11 saturated heterocycles. The summed E-state index contributed by atoms with van der Waals surface area (Å²) in [5, 5.41) is 344. The van der Waals surface area contributed by atoms with Gasteiger partial charge in [-0.3, -0.25) is 18.9 Å². The van der Waals surface area contributed by atoms with Crippen molar-refractivity contribution in [2.75, 3.05) is 66.1 Å². The fourth-order valence-electron chi connectivity index (χ4n) is 16.9. The van der Waals surface area contributed by atoms with E-state index in [1.165, 1.54) is 6.92 Å². The largest absolute Gasteiger partial charge is 0.469 e. The Morgan fingerprint density at radius 3 is 0.940 bits per heavy atom. The minimum absolute atomic E-state index is 0.873. The molecule has 55 atom stereocenters. The first-order valence-corrected chi connectivity index (χ1v) is 43.8. The Morgan fingerprint density at radius 2 is 0.515 bits per heavy atom. The van der Waals surface area contributed by atoms with E-state index in [0.717, 1.165) is 20.8 Å². The van der Waals surface area contributed by atoms with Crippen molar-refractivity contribution in [3.63, 3.8) is 0 Å². The normalized spacial score (nSPS) is 50.0. The van der Waals surface area contributed by atoms with E-state index in [1.54, 1.807) is 0 Å². The molecule has 11 heterocycles. The van der Waals surface area contributed by atoms with Crippen LogP contribution >= 0.6 is 7.82 Å². The molecule has 0 radical (unpaired) electrons. The Labute approximate surface area is 756 Å². The molecular formula is C72H122N3O58P. The molecule has 134 heavy (non-hydrogen) atoms. The van der Waals surface area contributed by atoms with E-state index in [1.807, 2.05) is 0 Å². The van der Waals surface area contributed by atoms with E-state index < -0.39 is 429 Å². The van der Waals surface area contributed by atoms with E-state index in [2.05, 4.69) is 20.5 Å². The molecule has 0 saturated carbocycles. The molecule has 11 aliphatic heterocycles. The number of hydrogen-bond donors (Lipinski definition) is 35. The van der Waals surface area contributed by atoms with Crippen LogP contribution in [0.25, 0.3) is 0 Å². The average molecular weight is 1990 g/mol. The summed E-state index contributed by atoms with van der Waals surface area (Å²) < 4.78 is 140. The number of phosphoric ester groups is 1. The zero-order valence-corrected chi connectivity index (χ0v) is 72.1. The Kier molecular flexibility index (Phi) is 39.5. The van der Waals surface area contributed by atoms with Gasteiger partial charge in [-0.2, -0.15) is 0 Å². The van der Waals surface area contributed by atoms with Crippen molar-refractivity contribution < 1.29 is 286 Å². The monoisotopic (exact) mass is 1990 g/mol. The fraction of sp³-hybridized carbons (Fsp3) is 0.958. The molecule has 0 unspecified atom stereocenters. The summed E-state index contributed by atoms with van der Waals surface area (Å²) in [4.78, 5) is 57.7. The molecule has 0 spiro atoms. The van der Waals surface area contributed by atoms with Crippen molar-refractivity contribution in [3.8, 4) is 0 Å². The summed E-state index contributed by atoms with van der Waals surface area (Å²) in [6.45, 7) is -7.66. The number of nitrogens with one attached hydrogen (secondary N) is 3. The summed E-state index contributed by atoms with van der Waals surface area (Å²) in [6, 6.07) is -5.91. The van der Waals surface area contributed by atoms with Gasteiger partial charge in [-0.25, -0.2) is 4.57 Å². The van der Waals surface area contributed by atoms with Gasteiger partial charge in [0.25, 0.3) is 0 Å². The number of phosphoric acid groups is 1. The first-order chi connectivity index (χ1) is 63.1. The van der Waals surface area contributed by atoms with Crippen molar-refractivity contribution in [2.45, 2.75) is 365 Å². The molecule has 0 bridgehead atoms. The van der Waals surface area contributed by atoms with Crippen molar-refractivity contribution in [1.29, 1.82) is 0 Å². The SMILES string of the molecule is CC(=O)N[C@@H]1[C@@H](O)[C@H](O[C@@H]2O[C@H](CO)[C@@H](O[C@@H]3O[C@H](CO[C@H]4O[C@H](CO[C@H]5O[C@H](CO)[C@@H](O)[C@H](O)[C@@H]5O[C@H]5O[C@H](COP(=O)(O)O)[C@@H](O)[C@H](O)[C@@H]5O)[C@@H](O)[C@H](O[C@H]5O[C@H](CO)[C@@H](O)[C@H](O)[C@@H]5O)[C@@H]4O)[C@@H](O)[C@H](O[C@H]4O[C@H](CO)[C@@H](O)[C@H](O)[C@@H]4O[C@@H]4O[C@H](CO)[C@@H](O[C@@H]5O[C@H](CO)[C@H](O)[C@H](O)[C@H]5O)[C@H](O)[C@H]4NC(C)=O)[C@@H]3O)[C@H](O)[C@H]2NC(C)=O)[C@@H](CO[C@@H]2O[C@@H](C)[C@@H](O)[C@@H](O)[C@@H]2O)O[C@H]1O. The van der Waals surface area contributed by atoms with Gasteiger partial charge in [-0.15, -0.1) is 0 Å². The third-order valence-corrected chi connectivity index (χ3v) is 24.8. The summed E-state index contributed by atoms with van der Waals surface area (Å²) in [7, 11) is -5.35. The smallest absolute Gasteiger partial charge is 0.394 e. The first kappa shape index (κ1) is 111. The van der Waals surface area contributed by atoms with Gasteiger partial charge < -0.3 is 278 Å². The number of aliphatic hydroxyl groups excluding tert-OH is 30. The van der Waals surface area contributed by atoms with Crippen molar-refractivity contribution >= 4 is 25.5 Å². The van der Waals surface area contributed by atoms with Crippen LogP contribution in [0.4, 0.5) is 0 Å². The highest BCUT2D eigenvalue weighted by Crippen LogP contribution is 2.43. The Morgan fingerprint density at radius 1 is 0.246 bits per heavy atom. The molecule has 778 valence electrons. The molecule has 35 N–H and O–H groups in total. The van der Waals surface area contributed by atoms with Crippen LogP contribution in [0.5, 0.6) is 0 Å². The topological polar surface area (TPSA) is 955 Å². The molecular weight excluding hydrogens is 1870 g/mol. The maximum atomic E-state index is 13.3. The van der Waals surface area contributed by atoms with Gasteiger partial charge >= 0.3 is 7.82 Å². The van der Waals surface area contributed by atoms with Gasteiger partial charge in [0.1, 0.15) is 262 Å².